The third-order valence-corrected chi connectivity index (χ3v) is 2.61. The summed E-state index contributed by atoms with van der Waals surface area (Å²) in [5.41, 5.74) is 5.36. The first-order valence-electron chi connectivity index (χ1n) is 6.18. The van der Waals surface area contributed by atoms with E-state index in [9.17, 15) is 4.79 Å². The number of carboxylic acid groups (broad SMARTS) is 1. The van der Waals surface area contributed by atoms with Crippen molar-refractivity contribution >= 4 is 5.97 Å². The fourth-order valence-corrected chi connectivity index (χ4v) is 1.46. The Labute approximate surface area is 98.2 Å². The van der Waals surface area contributed by atoms with Crippen LogP contribution in [0.4, 0.5) is 0 Å². The Balaban J connectivity index is 3.36. The summed E-state index contributed by atoms with van der Waals surface area (Å²) < 4.78 is 5.50. The van der Waals surface area contributed by atoms with Gasteiger partial charge in [0, 0.05) is 6.61 Å². The number of aliphatic carboxylic acids is 1. The molecule has 0 saturated carbocycles. The van der Waals surface area contributed by atoms with Gasteiger partial charge in [0.2, 0.25) is 0 Å². The van der Waals surface area contributed by atoms with E-state index in [1.807, 2.05) is 6.92 Å². The van der Waals surface area contributed by atoms with Crippen LogP contribution in [0.1, 0.15) is 52.4 Å². The van der Waals surface area contributed by atoms with E-state index in [-0.39, 0.29) is 6.10 Å². The second-order valence-corrected chi connectivity index (χ2v) is 4.26. The van der Waals surface area contributed by atoms with Gasteiger partial charge in [0.25, 0.3) is 0 Å². The van der Waals surface area contributed by atoms with Crippen LogP contribution < -0.4 is 5.73 Å². The van der Waals surface area contributed by atoms with Crippen LogP contribution in [0.3, 0.4) is 0 Å². The molecule has 4 nitrogen and oxygen atoms in total. The van der Waals surface area contributed by atoms with E-state index < -0.39 is 12.0 Å². The van der Waals surface area contributed by atoms with Gasteiger partial charge in [-0.25, -0.2) is 0 Å². The summed E-state index contributed by atoms with van der Waals surface area (Å²) >= 11 is 0. The van der Waals surface area contributed by atoms with Gasteiger partial charge in [-0.3, -0.25) is 4.79 Å². The van der Waals surface area contributed by atoms with Crippen molar-refractivity contribution in [2.45, 2.75) is 64.5 Å². The molecule has 0 amide bonds. The van der Waals surface area contributed by atoms with Gasteiger partial charge in [-0.05, 0) is 19.8 Å². The highest BCUT2D eigenvalue weighted by Gasteiger charge is 2.11. The fourth-order valence-electron chi connectivity index (χ4n) is 1.46. The Morgan fingerprint density at radius 2 is 2.00 bits per heavy atom. The largest absolute Gasteiger partial charge is 0.480 e. The second-order valence-electron chi connectivity index (χ2n) is 4.26. The number of carbonyl (C=O) groups is 1. The van der Waals surface area contributed by atoms with Gasteiger partial charge in [-0.2, -0.15) is 0 Å². The number of rotatable bonds is 10. The van der Waals surface area contributed by atoms with Crippen molar-refractivity contribution in [2.24, 2.45) is 5.73 Å². The van der Waals surface area contributed by atoms with Crippen molar-refractivity contribution in [3.63, 3.8) is 0 Å². The molecular weight excluding hydrogens is 206 g/mol. The molecular formula is C12H25NO3. The Morgan fingerprint density at radius 3 is 2.56 bits per heavy atom. The van der Waals surface area contributed by atoms with Gasteiger partial charge < -0.3 is 15.6 Å². The van der Waals surface area contributed by atoms with Crippen molar-refractivity contribution in [3.05, 3.63) is 0 Å². The van der Waals surface area contributed by atoms with Gasteiger partial charge >= 0.3 is 5.97 Å². The number of ether oxygens (including phenoxy) is 1. The zero-order valence-electron chi connectivity index (χ0n) is 10.4. The first-order chi connectivity index (χ1) is 7.57. The summed E-state index contributed by atoms with van der Waals surface area (Å²) in [6.45, 7) is 4.65. The van der Waals surface area contributed by atoms with Gasteiger partial charge in [-0.15, -0.1) is 0 Å². The van der Waals surface area contributed by atoms with E-state index in [4.69, 9.17) is 15.6 Å². The topological polar surface area (TPSA) is 72.5 Å². The minimum Gasteiger partial charge on any atom is -0.480 e. The summed E-state index contributed by atoms with van der Waals surface area (Å²) in [5.74, 6) is -0.959. The van der Waals surface area contributed by atoms with E-state index in [2.05, 4.69) is 6.92 Å². The molecule has 0 aliphatic carbocycles. The maximum absolute atomic E-state index is 10.4. The summed E-state index contributed by atoms with van der Waals surface area (Å²) in [7, 11) is 0. The molecule has 16 heavy (non-hydrogen) atoms. The smallest absolute Gasteiger partial charge is 0.320 e. The van der Waals surface area contributed by atoms with E-state index >= 15 is 0 Å². The fraction of sp³-hybridized carbons (Fsp3) is 0.917. The van der Waals surface area contributed by atoms with Crippen molar-refractivity contribution < 1.29 is 14.6 Å². The monoisotopic (exact) mass is 231 g/mol. The van der Waals surface area contributed by atoms with Crippen LogP contribution in [0.2, 0.25) is 0 Å². The molecule has 0 rings (SSSR count). The average Bonchev–Trinajstić information content (AvgIpc) is 2.24. The standard InChI is InChI=1S/C12H25NO3/c1-3-4-5-6-7-10(2)16-9-8-11(13)12(14)15/h10-11H,3-9,13H2,1-2H3,(H,14,15). The molecule has 2 unspecified atom stereocenters. The van der Waals surface area contributed by atoms with Crippen LogP contribution in [0.5, 0.6) is 0 Å². The van der Waals surface area contributed by atoms with Gasteiger partial charge in [-0.1, -0.05) is 32.6 Å². The van der Waals surface area contributed by atoms with E-state index in [0.717, 1.165) is 6.42 Å². The van der Waals surface area contributed by atoms with E-state index in [1.54, 1.807) is 0 Å². The number of nitrogens with two attached hydrogens (primary N) is 1. The number of unbranched alkanes of at least 4 members (excludes halogenated alkanes) is 3. The normalized spacial score (nSPS) is 14.7. The number of carboxylic acids is 1. The molecule has 96 valence electrons. The Morgan fingerprint density at radius 1 is 1.31 bits per heavy atom. The Hall–Kier alpha value is -0.610. The molecule has 0 aliphatic rings. The Kier molecular flexibility index (Phi) is 9.24. The summed E-state index contributed by atoms with van der Waals surface area (Å²) in [6, 6.07) is -0.799. The predicted octanol–water partition coefficient (Wildman–Crippen LogP) is 2.16. The highest BCUT2D eigenvalue weighted by atomic mass is 16.5. The molecule has 2 atom stereocenters. The zero-order chi connectivity index (χ0) is 12.4. The van der Waals surface area contributed by atoms with Gasteiger partial charge in [0.15, 0.2) is 0 Å². The minimum absolute atomic E-state index is 0.206. The van der Waals surface area contributed by atoms with Gasteiger partial charge in [0.1, 0.15) is 6.04 Å². The highest BCUT2D eigenvalue weighted by Crippen LogP contribution is 2.08. The van der Waals surface area contributed by atoms with Crippen LogP contribution in [-0.2, 0) is 9.53 Å². The molecule has 3 N–H and O–H groups in total. The SMILES string of the molecule is CCCCCCC(C)OCCC(N)C(=O)O. The van der Waals surface area contributed by atoms with Crippen molar-refractivity contribution in [1.29, 1.82) is 0 Å². The number of hydrogen-bond acceptors (Lipinski definition) is 3. The van der Waals surface area contributed by atoms with Crippen molar-refractivity contribution in [2.75, 3.05) is 6.61 Å². The van der Waals surface area contributed by atoms with Crippen molar-refractivity contribution in [1.82, 2.24) is 0 Å². The molecule has 0 aromatic rings. The van der Waals surface area contributed by atoms with Crippen LogP contribution in [-0.4, -0.2) is 29.8 Å². The molecule has 0 fully saturated rings. The second kappa shape index (κ2) is 9.60. The number of hydrogen-bond donors (Lipinski definition) is 2. The average molecular weight is 231 g/mol. The molecule has 0 spiro atoms. The predicted molar refractivity (Wildman–Crippen MR) is 64.4 cm³/mol. The summed E-state index contributed by atoms with van der Waals surface area (Å²) in [4.78, 5) is 10.4. The van der Waals surface area contributed by atoms with E-state index in [1.165, 1.54) is 25.7 Å². The summed E-state index contributed by atoms with van der Waals surface area (Å²) in [6.07, 6.45) is 6.58. The lowest BCUT2D eigenvalue weighted by molar-refractivity contribution is -0.139. The Bertz CT molecular complexity index is 185. The van der Waals surface area contributed by atoms with Crippen LogP contribution in [0.15, 0.2) is 0 Å². The molecule has 0 radical (unpaired) electrons. The van der Waals surface area contributed by atoms with E-state index in [0.29, 0.717) is 13.0 Å². The first-order valence-corrected chi connectivity index (χ1v) is 6.18. The lowest BCUT2D eigenvalue weighted by Crippen LogP contribution is -2.31. The molecule has 4 heteroatoms. The molecule has 0 aliphatic heterocycles. The van der Waals surface area contributed by atoms with Crippen LogP contribution >= 0.6 is 0 Å². The van der Waals surface area contributed by atoms with Crippen LogP contribution in [0.25, 0.3) is 0 Å². The van der Waals surface area contributed by atoms with Gasteiger partial charge in [0.05, 0.1) is 6.10 Å². The molecule has 0 aromatic carbocycles. The lowest BCUT2D eigenvalue weighted by Gasteiger charge is -2.13. The first kappa shape index (κ1) is 15.4. The quantitative estimate of drug-likeness (QED) is 0.565. The van der Waals surface area contributed by atoms with Crippen molar-refractivity contribution in [3.8, 4) is 0 Å². The van der Waals surface area contributed by atoms with Crippen LogP contribution in [0, 0.1) is 0 Å². The molecule has 0 heterocycles. The maximum atomic E-state index is 10.4. The molecule has 0 saturated heterocycles. The summed E-state index contributed by atoms with van der Waals surface area (Å²) in [5, 5.41) is 8.57. The zero-order valence-corrected chi connectivity index (χ0v) is 10.4. The lowest BCUT2D eigenvalue weighted by atomic mass is 10.1. The minimum atomic E-state index is -0.959. The third-order valence-electron chi connectivity index (χ3n) is 2.61. The third kappa shape index (κ3) is 8.68. The molecule has 0 aromatic heterocycles. The molecule has 0 bridgehead atoms. The highest BCUT2D eigenvalue weighted by molar-refractivity contribution is 5.72. The maximum Gasteiger partial charge on any atom is 0.320 e.